The van der Waals surface area contributed by atoms with E-state index in [9.17, 15) is 9.59 Å². The zero-order valence-electron chi connectivity index (χ0n) is 13.9. The SMILES string of the molecule is CC(C)N.CC(C)NC(=O)C(Br)CCCl.O=C(Cl)C(Br)CCCl. The van der Waals surface area contributed by atoms with Crippen LogP contribution >= 0.6 is 66.7 Å². The van der Waals surface area contributed by atoms with Crippen LogP contribution in [0.3, 0.4) is 0 Å². The largest absolute Gasteiger partial charge is 0.353 e. The molecule has 140 valence electrons. The first-order valence-corrected chi connectivity index (χ1v) is 10.4. The lowest BCUT2D eigenvalue weighted by atomic mass is 10.3. The van der Waals surface area contributed by atoms with Gasteiger partial charge in [0, 0.05) is 17.8 Å². The number of hydrogen-bond acceptors (Lipinski definition) is 3. The van der Waals surface area contributed by atoms with Gasteiger partial charge in [0.25, 0.3) is 0 Å². The van der Waals surface area contributed by atoms with Crippen molar-refractivity contribution in [3.63, 3.8) is 0 Å². The Morgan fingerprint density at radius 3 is 1.57 bits per heavy atom. The molecule has 1 amide bonds. The molecule has 0 radical (unpaired) electrons. The molecule has 0 aliphatic rings. The van der Waals surface area contributed by atoms with Crippen LogP contribution in [-0.4, -0.2) is 44.6 Å². The highest BCUT2D eigenvalue weighted by Crippen LogP contribution is 2.09. The molecule has 0 bridgehead atoms. The van der Waals surface area contributed by atoms with Gasteiger partial charge >= 0.3 is 0 Å². The van der Waals surface area contributed by atoms with Crippen LogP contribution in [-0.2, 0) is 9.59 Å². The summed E-state index contributed by atoms with van der Waals surface area (Å²) in [4.78, 5) is 20.9. The van der Waals surface area contributed by atoms with Crippen molar-refractivity contribution < 1.29 is 9.59 Å². The van der Waals surface area contributed by atoms with Gasteiger partial charge in [-0.3, -0.25) is 9.59 Å². The van der Waals surface area contributed by atoms with E-state index in [1.165, 1.54) is 0 Å². The van der Waals surface area contributed by atoms with Gasteiger partial charge in [-0.15, -0.1) is 23.2 Å². The summed E-state index contributed by atoms with van der Waals surface area (Å²) in [5.74, 6) is 0.969. The number of amides is 1. The maximum atomic E-state index is 11.1. The number of alkyl halides is 4. The quantitative estimate of drug-likeness (QED) is 0.385. The molecule has 0 saturated carbocycles. The van der Waals surface area contributed by atoms with E-state index in [1.807, 2.05) is 27.7 Å². The minimum Gasteiger partial charge on any atom is -0.353 e. The fourth-order valence-corrected chi connectivity index (χ4v) is 2.47. The first kappa shape index (κ1) is 28.7. The Kier molecular flexibility index (Phi) is 24.0. The van der Waals surface area contributed by atoms with Crippen LogP contribution in [0.1, 0.15) is 40.5 Å². The summed E-state index contributed by atoms with van der Waals surface area (Å²) in [5, 5.41) is 2.40. The summed E-state index contributed by atoms with van der Waals surface area (Å²) in [6.07, 6.45) is 1.25. The fourth-order valence-electron chi connectivity index (χ4n) is 0.811. The van der Waals surface area contributed by atoms with Gasteiger partial charge in [-0.05, 0) is 44.3 Å². The molecule has 0 aromatic carbocycles. The Balaban J connectivity index is -0.000000292. The molecular weight excluding hydrogens is 494 g/mol. The predicted molar refractivity (Wildman–Crippen MR) is 110 cm³/mol. The summed E-state index contributed by atoms with van der Waals surface area (Å²) in [5.41, 5.74) is 5.11. The highest BCUT2D eigenvalue weighted by atomic mass is 79.9. The lowest BCUT2D eigenvalue weighted by molar-refractivity contribution is -0.121. The van der Waals surface area contributed by atoms with Crippen LogP contribution in [0.2, 0.25) is 0 Å². The molecule has 2 unspecified atom stereocenters. The number of halogens is 5. The van der Waals surface area contributed by atoms with Gasteiger partial charge in [0.1, 0.15) is 0 Å². The van der Waals surface area contributed by atoms with E-state index in [0.717, 1.165) is 0 Å². The lowest BCUT2D eigenvalue weighted by Crippen LogP contribution is -2.36. The molecule has 0 aromatic rings. The molecule has 0 rings (SSSR count). The second-order valence-corrected chi connectivity index (χ2v) is 8.44. The molecular formula is C14H27Br2Cl3N2O2. The normalized spacial score (nSPS) is 12.5. The number of hydrogen-bond donors (Lipinski definition) is 2. The molecule has 0 aromatic heterocycles. The smallest absolute Gasteiger partial charge is 0.235 e. The van der Waals surface area contributed by atoms with Crippen molar-refractivity contribution in [2.24, 2.45) is 5.73 Å². The molecule has 3 N–H and O–H groups in total. The number of carbonyl (C=O) groups is 2. The van der Waals surface area contributed by atoms with Crippen molar-refractivity contribution in [2.75, 3.05) is 11.8 Å². The summed E-state index contributed by atoms with van der Waals surface area (Å²) in [6, 6.07) is 0.526. The maximum absolute atomic E-state index is 11.1. The Labute approximate surface area is 171 Å². The van der Waals surface area contributed by atoms with Crippen LogP contribution in [0.15, 0.2) is 0 Å². The second-order valence-electron chi connectivity index (χ2n) is 5.10. The number of nitrogens with two attached hydrogens (primary N) is 1. The lowest BCUT2D eigenvalue weighted by Gasteiger charge is -2.11. The van der Waals surface area contributed by atoms with E-state index in [1.54, 1.807) is 0 Å². The first-order valence-electron chi connectivity index (χ1n) is 7.14. The van der Waals surface area contributed by atoms with Crippen LogP contribution in [0, 0.1) is 0 Å². The van der Waals surface area contributed by atoms with Gasteiger partial charge in [-0.2, -0.15) is 0 Å². The highest BCUT2D eigenvalue weighted by molar-refractivity contribution is 9.10. The van der Waals surface area contributed by atoms with Crippen LogP contribution < -0.4 is 11.1 Å². The van der Waals surface area contributed by atoms with Crippen molar-refractivity contribution >= 4 is 77.8 Å². The zero-order chi connectivity index (χ0) is 19.0. The average molecular weight is 522 g/mol. The molecule has 9 heteroatoms. The molecule has 0 heterocycles. The van der Waals surface area contributed by atoms with E-state index in [2.05, 4.69) is 37.2 Å². The molecule has 4 nitrogen and oxygen atoms in total. The number of nitrogens with one attached hydrogen (secondary N) is 1. The van der Waals surface area contributed by atoms with Crippen LogP contribution in [0.4, 0.5) is 0 Å². The maximum Gasteiger partial charge on any atom is 0.235 e. The average Bonchev–Trinajstić information content (AvgIpc) is 2.38. The molecule has 0 spiro atoms. The van der Waals surface area contributed by atoms with Crippen molar-refractivity contribution in [3.05, 3.63) is 0 Å². The van der Waals surface area contributed by atoms with Gasteiger partial charge in [0.2, 0.25) is 11.1 Å². The van der Waals surface area contributed by atoms with Gasteiger partial charge in [-0.1, -0.05) is 45.7 Å². The standard InChI is InChI=1S/C7H13BrClNO.C4H5BrCl2O.C3H9N/c1-5(2)10-7(11)6(8)3-4-9;5-3(1-2-6)4(7)8;1-3(2)4/h5-6H,3-4H2,1-2H3,(H,10,11);3H,1-2H2;3H,4H2,1-2H3. The molecule has 2 atom stereocenters. The molecule has 0 aliphatic heterocycles. The van der Waals surface area contributed by atoms with Crippen LogP contribution in [0.25, 0.3) is 0 Å². The van der Waals surface area contributed by atoms with Gasteiger partial charge in [0.15, 0.2) is 0 Å². The Hall–Kier alpha value is 0.930. The van der Waals surface area contributed by atoms with Crippen molar-refractivity contribution in [1.29, 1.82) is 0 Å². The van der Waals surface area contributed by atoms with Crippen molar-refractivity contribution in [3.8, 4) is 0 Å². The fraction of sp³-hybridized carbons (Fsp3) is 0.857. The van der Waals surface area contributed by atoms with Crippen LogP contribution in [0.5, 0.6) is 0 Å². The van der Waals surface area contributed by atoms with Gasteiger partial charge in [-0.25, -0.2) is 0 Å². The minimum absolute atomic E-state index is 0.0145. The molecule has 0 saturated heterocycles. The van der Waals surface area contributed by atoms with E-state index in [0.29, 0.717) is 30.6 Å². The highest BCUT2D eigenvalue weighted by Gasteiger charge is 2.13. The second kappa shape index (κ2) is 19.3. The third-order valence-electron chi connectivity index (χ3n) is 1.69. The Morgan fingerprint density at radius 1 is 1.00 bits per heavy atom. The summed E-state index contributed by atoms with van der Waals surface area (Å²) < 4.78 is 0. The monoisotopic (exact) mass is 518 g/mol. The first-order chi connectivity index (χ1) is 10.5. The van der Waals surface area contributed by atoms with Gasteiger partial charge < -0.3 is 11.1 Å². The zero-order valence-corrected chi connectivity index (χ0v) is 19.4. The van der Waals surface area contributed by atoms with Gasteiger partial charge in [0.05, 0.1) is 9.65 Å². The van der Waals surface area contributed by atoms with E-state index >= 15 is 0 Å². The number of rotatable bonds is 7. The van der Waals surface area contributed by atoms with Crippen molar-refractivity contribution in [2.45, 2.75) is 62.3 Å². The molecule has 0 fully saturated rings. The molecule has 23 heavy (non-hydrogen) atoms. The van der Waals surface area contributed by atoms with Crippen molar-refractivity contribution in [1.82, 2.24) is 5.32 Å². The van der Waals surface area contributed by atoms with E-state index < -0.39 is 0 Å². The summed E-state index contributed by atoms with van der Waals surface area (Å²) in [6.45, 7) is 7.75. The predicted octanol–water partition coefficient (Wildman–Crippen LogP) is 4.40. The Bertz CT molecular complexity index is 307. The number of carbonyl (C=O) groups excluding carboxylic acids is 2. The summed E-state index contributed by atoms with van der Waals surface area (Å²) in [7, 11) is 0. The minimum atomic E-state index is -0.384. The molecule has 0 aliphatic carbocycles. The summed E-state index contributed by atoms with van der Waals surface area (Å²) >= 11 is 22.1. The third-order valence-corrected chi connectivity index (χ3v) is 4.40. The Morgan fingerprint density at radius 2 is 1.35 bits per heavy atom. The topological polar surface area (TPSA) is 72.2 Å². The third kappa shape index (κ3) is 28.0. The van der Waals surface area contributed by atoms with E-state index in [-0.39, 0.29) is 26.8 Å². The van der Waals surface area contributed by atoms with E-state index in [4.69, 9.17) is 40.5 Å².